The van der Waals surface area contributed by atoms with Gasteiger partial charge in [0.25, 0.3) is 0 Å². The third kappa shape index (κ3) is 1.32. The Hall–Kier alpha value is -1.71. The molecule has 1 radical (unpaired) electrons. The van der Waals surface area contributed by atoms with Crippen LogP contribution in [0.3, 0.4) is 0 Å². The van der Waals surface area contributed by atoms with E-state index in [9.17, 15) is 9.90 Å². The van der Waals surface area contributed by atoms with Crippen LogP contribution >= 0.6 is 0 Å². The van der Waals surface area contributed by atoms with E-state index in [0.717, 1.165) is 0 Å². The maximum Gasteiger partial charge on any atom is 0.339 e. The van der Waals surface area contributed by atoms with Crippen LogP contribution < -0.4 is 4.74 Å². The van der Waals surface area contributed by atoms with Gasteiger partial charge in [0.05, 0.1) is 7.11 Å². The van der Waals surface area contributed by atoms with Crippen molar-refractivity contribution >= 4 is 5.97 Å². The molecule has 0 aliphatic heterocycles. The van der Waals surface area contributed by atoms with Gasteiger partial charge in [-0.15, -0.1) is 0 Å². The van der Waals surface area contributed by atoms with Crippen molar-refractivity contribution in [1.82, 2.24) is 0 Å². The molecule has 4 nitrogen and oxygen atoms in total. The van der Waals surface area contributed by atoms with E-state index in [0.29, 0.717) is 0 Å². The Bertz CT molecular complexity index is 306. The SMILES string of the molecule is COc1c([O])cccc1C(=O)O. The minimum atomic E-state index is -1.16. The monoisotopic (exact) mass is 167 g/mol. The van der Waals surface area contributed by atoms with Gasteiger partial charge in [0.15, 0.2) is 5.75 Å². The minimum absolute atomic E-state index is 0.106. The summed E-state index contributed by atoms with van der Waals surface area (Å²) in [6.07, 6.45) is 0. The predicted octanol–water partition coefficient (Wildman–Crippen LogP) is 1.54. The van der Waals surface area contributed by atoms with Crippen molar-refractivity contribution in [2.24, 2.45) is 0 Å². The molecule has 0 fully saturated rings. The molecule has 0 aromatic heterocycles. The zero-order chi connectivity index (χ0) is 9.14. The van der Waals surface area contributed by atoms with Gasteiger partial charge in [0, 0.05) is 0 Å². The summed E-state index contributed by atoms with van der Waals surface area (Å²) in [5.41, 5.74) is -0.106. The number of rotatable bonds is 2. The number of benzene rings is 1. The highest BCUT2D eigenvalue weighted by Gasteiger charge is 2.14. The third-order valence-electron chi connectivity index (χ3n) is 1.41. The first-order chi connectivity index (χ1) is 5.66. The molecule has 63 valence electrons. The molecule has 0 aliphatic carbocycles. The Balaban J connectivity index is 3.27. The van der Waals surface area contributed by atoms with Gasteiger partial charge in [-0.25, -0.2) is 4.79 Å². The van der Waals surface area contributed by atoms with Crippen molar-refractivity contribution in [3.8, 4) is 11.5 Å². The number of hydrogen-bond acceptors (Lipinski definition) is 2. The van der Waals surface area contributed by atoms with Crippen molar-refractivity contribution in [2.45, 2.75) is 0 Å². The lowest BCUT2D eigenvalue weighted by molar-refractivity contribution is 0.0692. The van der Waals surface area contributed by atoms with E-state index >= 15 is 0 Å². The quantitative estimate of drug-likeness (QED) is 0.726. The molecule has 0 spiro atoms. The number of aromatic carboxylic acids is 1. The van der Waals surface area contributed by atoms with Crippen LogP contribution in [0.15, 0.2) is 18.2 Å². The van der Waals surface area contributed by atoms with Gasteiger partial charge in [-0.05, 0) is 12.1 Å². The van der Waals surface area contributed by atoms with Crippen LogP contribution in [0, 0.1) is 0 Å². The summed E-state index contributed by atoms with van der Waals surface area (Å²) in [4.78, 5) is 10.5. The molecular formula is C8H7O4. The van der Waals surface area contributed by atoms with Gasteiger partial charge in [0.2, 0.25) is 5.75 Å². The fourth-order valence-electron chi connectivity index (χ4n) is 0.895. The highest BCUT2D eigenvalue weighted by atomic mass is 16.5. The van der Waals surface area contributed by atoms with Gasteiger partial charge in [-0.2, -0.15) is 0 Å². The van der Waals surface area contributed by atoms with Crippen LogP contribution in [0.5, 0.6) is 11.5 Å². The second kappa shape index (κ2) is 3.13. The lowest BCUT2D eigenvalue weighted by atomic mass is 10.2. The molecule has 1 rings (SSSR count). The second-order valence-corrected chi connectivity index (χ2v) is 2.14. The molecule has 0 saturated carbocycles. The van der Waals surface area contributed by atoms with Crippen LogP contribution in [-0.4, -0.2) is 18.2 Å². The number of carboxylic acid groups (broad SMARTS) is 1. The standard InChI is InChI=1S/C8H7O4/c1-12-7-5(8(10)11)3-2-4-6(7)9/h2-4H,1H3,(H,10,11). The Morgan fingerprint density at radius 2 is 2.17 bits per heavy atom. The van der Waals surface area contributed by atoms with Crippen LogP contribution in [0.1, 0.15) is 10.4 Å². The smallest absolute Gasteiger partial charge is 0.339 e. The molecule has 12 heavy (non-hydrogen) atoms. The zero-order valence-electron chi connectivity index (χ0n) is 6.40. The van der Waals surface area contributed by atoms with Crippen molar-refractivity contribution in [3.05, 3.63) is 23.8 Å². The van der Waals surface area contributed by atoms with Gasteiger partial charge in [-0.3, -0.25) is 5.11 Å². The summed E-state index contributed by atoms with van der Waals surface area (Å²) in [6, 6.07) is 3.96. The summed E-state index contributed by atoms with van der Waals surface area (Å²) in [7, 11) is 1.27. The molecule has 0 bridgehead atoms. The first kappa shape index (κ1) is 8.39. The topological polar surface area (TPSA) is 66.4 Å². The molecule has 0 amide bonds. The first-order valence-electron chi connectivity index (χ1n) is 3.24. The number of ether oxygens (including phenoxy) is 1. The highest BCUT2D eigenvalue weighted by molar-refractivity contribution is 5.91. The van der Waals surface area contributed by atoms with Gasteiger partial charge >= 0.3 is 5.97 Å². The number of para-hydroxylation sites is 1. The van der Waals surface area contributed by atoms with E-state index in [2.05, 4.69) is 4.74 Å². The van der Waals surface area contributed by atoms with Crippen LogP contribution in [0.2, 0.25) is 0 Å². The molecule has 0 unspecified atom stereocenters. The maximum absolute atomic E-state index is 11.0. The molecule has 1 aromatic rings. The lowest BCUT2D eigenvalue weighted by Gasteiger charge is -2.03. The summed E-state index contributed by atoms with van der Waals surface area (Å²) in [5.74, 6) is -1.70. The average molecular weight is 167 g/mol. The van der Waals surface area contributed by atoms with Gasteiger partial charge < -0.3 is 9.84 Å². The van der Waals surface area contributed by atoms with E-state index in [1.165, 1.54) is 25.3 Å². The Morgan fingerprint density at radius 3 is 2.58 bits per heavy atom. The molecule has 0 atom stereocenters. The number of carbonyl (C=O) groups is 1. The van der Waals surface area contributed by atoms with E-state index in [4.69, 9.17) is 5.11 Å². The highest BCUT2D eigenvalue weighted by Crippen LogP contribution is 2.29. The van der Waals surface area contributed by atoms with Gasteiger partial charge in [0.1, 0.15) is 5.56 Å². The Labute approximate surface area is 69.0 Å². The van der Waals surface area contributed by atoms with Crippen molar-refractivity contribution in [1.29, 1.82) is 0 Å². The summed E-state index contributed by atoms with van der Waals surface area (Å²) in [5, 5.41) is 19.6. The fourth-order valence-corrected chi connectivity index (χ4v) is 0.895. The number of carboxylic acids is 1. The van der Waals surface area contributed by atoms with E-state index in [1.54, 1.807) is 0 Å². The summed E-state index contributed by atoms with van der Waals surface area (Å²) >= 11 is 0. The molecule has 4 heteroatoms. The predicted molar refractivity (Wildman–Crippen MR) is 40.1 cm³/mol. The molecule has 0 heterocycles. The van der Waals surface area contributed by atoms with Crippen molar-refractivity contribution < 1.29 is 19.7 Å². The third-order valence-corrected chi connectivity index (χ3v) is 1.41. The maximum atomic E-state index is 11.0. The summed E-state index contributed by atoms with van der Waals surface area (Å²) < 4.78 is 4.64. The minimum Gasteiger partial charge on any atom is -0.492 e. The zero-order valence-corrected chi connectivity index (χ0v) is 6.40. The fraction of sp³-hybridized carbons (Fsp3) is 0.125. The van der Waals surface area contributed by atoms with Crippen molar-refractivity contribution in [2.75, 3.05) is 7.11 Å². The number of methoxy groups -OCH3 is 1. The normalized spacial score (nSPS) is 9.42. The Kier molecular flexibility index (Phi) is 2.19. The van der Waals surface area contributed by atoms with E-state index in [1.807, 2.05) is 0 Å². The lowest BCUT2D eigenvalue weighted by Crippen LogP contribution is -1.99. The average Bonchev–Trinajstić information content (AvgIpc) is 2.03. The van der Waals surface area contributed by atoms with Crippen LogP contribution in [0.25, 0.3) is 0 Å². The van der Waals surface area contributed by atoms with E-state index < -0.39 is 11.7 Å². The van der Waals surface area contributed by atoms with Crippen LogP contribution in [0.4, 0.5) is 0 Å². The molecule has 1 N–H and O–H groups in total. The van der Waals surface area contributed by atoms with E-state index in [-0.39, 0.29) is 11.3 Å². The number of hydrogen-bond donors (Lipinski definition) is 1. The summed E-state index contributed by atoms with van der Waals surface area (Å²) in [6.45, 7) is 0. The molecule has 0 saturated heterocycles. The van der Waals surface area contributed by atoms with Crippen molar-refractivity contribution in [3.63, 3.8) is 0 Å². The van der Waals surface area contributed by atoms with Gasteiger partial charge in [-0.1, -0.05) is 6.07 Å². The second-order valence-electron chi connectivity index (χ2n) is 2.14. The largest absolute Gasteiger partial charge is 0.492 e. The molecule has 1 aromatic carbocycles. The van der Waals surface area contributed by atoms with Crippen LogP contribution in [-0.2, 0) is 5.11 Å². The Morgan fingerprint density at radius 1 is 1.50 bits per heavy atom. The molecule has 0 aliphatic rings. The first-order valence-corrected chi connectivity index (χ1v) is 3.24. The molecular weight excluding hydrogens is 160 g/mol.